The van der Waals surface area contributed by atoms with E-state index in [1.807, 2.05) is 0 Å². The Hall–Kier alpha value is -2.00. The molecule has 1 saturated heterocycles. The van der Waals surface area contributed by atoms with Crippen LogP contribution in [0.3, 0.4) is 0 Å². The van der Waals surface area contributed by atoms with Gasteiger partial charge in [0.15, 0.2) is 0 Å². The van der Waals surface area contributed by atoms with E-state index >= 15 is 0 Å². The van der Waals surface area contributed by atoms with Crippen LogP contribution in [0.5, 0.6) is 0 Å². The zero-order chi connectivity index (χ0) is 14.8. The summed E-state index contributed by atoms with van der Waals surface area (Å²) in [5.74, 6) is -2.57. The van der Waals surface area contributed by atoms with Crippen LogP contribution in [0.15, 0.2) is 0 Å². The summed E-state index contributed by atoms with van der Waals surface area (Å²) in [5, 5.41) is 14.4. The highest BCUT2D eigenvalue weighted by Gasteiger charge is 2.58. The standard InChI is InChI=1S/C9H12F3N3O4/c1-8(6(17)18,9(10,11)12)15-7(19)14-4-2-5(16)13-3-4/h4H,2-3H2,1H3,(H,13,16)(H,17,18)(H2,14,15,19). The lowest BCUT2D eigenvalue weighted by Gasteiger charge is -2.29. The number of rotatable bonds is 3. The first-order chi connectivity index (χ1) is 8.56. The van der Waals surface area contributed by atoms with Gasteiger partial charge in [-0.1, -0.05) is 0 Å². The molecular formula is C9H12F3N3O4. The highest BCUT2D eigenvalue weighted by Crippen LogP contribution is 2.30. The monoisotopic (exact) mass is 283 g/mol. The summed E-state index contributed by atoms with van der Waals surface area (Å²) >= 11 is 0. The molecule has 10 heteroatoms. The summed E-state index contributed by atoms with van der Waals surface area (Å²) in [6.45, 7) is 0.426. The molecule has 0 aromatic heterocycles. The molecule has 0 spiro atoms. The lowest BCUT2D eigenvalue weighted by atomic mass is 10.0. The van der Waals surface area contributed by atoms with Gasteiger partial charge in [0.1, 0.15) is 0 Å². The number of nitrogens with one attached hydrogen (secondary N) is 3. The molecule has 0 saturated carbocycles. The minimum absolute atomic E-state index is 0.0662. The Morgan fingerprint density at radius 2 is 2.00 bits per heavy atom. The summed E-state index contributed by atoms with van der Waals surface area (Å²) in [5.41, 5.74) is -3.40. The molecule has 4 N–H and O–H groups in total. The minimum atomic E-state index is -5.15. The van der Waals surface area contributed by atoms with Crippen molar-refractivity contribution in [3.8, 4) is 0 Å². The van der Waals surface area contributed by atoms with Gasteiger partial charge in [0.05, 0.1) is 6.04 Å². The van der Waals surface area contributed by atoms with E-state index in [0.717, 1.165) is 0 Å². The average molecular weight is 283 g/mol. The van der Waals surface area contributed by atoms with Gasteiger partial charge < -0.3 is 21.1 Å². The van der Waals surface area contributed by atoms with E-state index in [4.69, 9.17) is 5.11 Å². The van der Waals surface area contributed by atoms with Crippen LogP contribution in [0.25, 0.3) is 0 Å². The predicted octanol–water partition coefficient (Wildman–Crippen LogP) is -0.420. The van der Waals surface area contributed by atoms with Crippen molar-refractivity contribution < 1.29 is 32.7 Å². The fraction of sp³-hybridized carbons (Fsp3) is 0.667. The number of halogens is 3. The van der Waals surface area contributed by atoms with Crippen LogP contribution in [0, 0.1) is 0 Å². The molecular weight excluding hydrogens is 271 g/mol. The van der Waals surface area contributed by atoms with E-state index in [1.54, 1.807) is 0 Å². The number of amides is 3. The highest BCUT2D eigenvalue weighted by atomic mass is 19.4. The van der Waals surface area contributed by atoms with Crippen LogP contribution in [0.4, 0.5) is 18.0 Å². The van der Waals surface area contributed by atoms with Crippen molar-refractivity contribution in [1.29, 1.82) is 0 Å². The molecule has 0 aromatic rings. The van der Waals surface area contributed by atoms with E-state index in [0.29, 0.717) is 6.92 Å². The number of carboxylic acids is 1. The maximum atomic E-state index is 12.6. The topological polar surface area (TPSA) is 108 Å². The molecule has 0 aromatic carbocycles. The Bertz CT molecular complexity index is 412. The van der Waals surface area contributed by atoms with E-state index in [1.165, 1.54) is 5.32 Å². The van der Waals surface area contributed by atoms with Crippen molar-refractivity contribution in [3.63, 3.8) is 0 Å². The van der Waals surface area contributed by atoms with Gasteiger partial charge in [0.2, 0.25) is 11.4 Å². The second kappa shape index (κ2) is 4.94. The second-order valence-corrected chi connectivity index (χ2v) is 4.23. The molecule has 1 aliphatic rings. The Kier molecular flexibility index (Phi) is 3.91. The van der Waals surface area contributed by atoms with Gasteiger partial charge in [0, 0.05) is 13.0 Å². The summed E-state index contributed by atoms with van der Waals surface area (Å²) in [4.78, 5) is 32.8. The molecule has 7 nitrogen and oxygen atoms in total. The van der Waals surface area contributed by atoms with E-state index in [-0.39, 0.29) is 18.9 Å². The van der Waals surface area contributed by atoms with Gasteiger partial charge in [-0.15, -0.1) is 0 Å². The van der Waals surface area contributed by atoms with E-state index < -0.39 is 29.8 Å². The molecule has 0 radical (unpaired) electrons. The second-order valence-electron chi connectivity index (χ2n) is 4.23. The first-order valence-electron chi connectivity index (χ1n) is 5.22. The van der Waals surface area contributed by atoms with Crippen LogP contribution in [-0.2, 0) is 9.59 Å². The fourth-order valence-corrected chi connectivity index (χ4v) is 1.40. The lowest BCUT2D eigenvalue weighted by molar-refractivity contribution is -0.203. The first kappa shape index (κ1) is 15.1. The number of hydrogen-bond donors (Lipinski definition) is 4. The van der Waals surface area contributed by atoms with Gasteiger partial charge >= 0.3 is 18.2 Å². The summed E-state index contributed by atoms with van der Waals surface area (Å²) in [6, 6.07) is -1.97. The number of carboxylic acid groups (broad SMARTS) is 1. The number of carbonyl (C=O) groups excluding carboxylic acids is 2. The number of alkyl halides is 3. The molecule has 108 valence electrons. The average Bonchev–Trinajstić information content (AvgIpc) is 2.61. The minimum Gasteiger partial charge on any atom is -0.479 e. The number of carbonyl (C=O) groups is 3. The summed E-state index contributed by atoms with van der Waals surface area (Å²) < 4.78 is 37.8. The predicted molar refractivity (Wildman–Crippen MR) is 55.2 cm³/mol. The van der Waals surface area contributed by atoms with E-state index in [2.05, 4.69) is 10.6 Å². The molecule has 1 aliphatic heterocycles. The number of urea groups is 1. The first-order valence-corrected chi connectivity index (χ1v) is 5.22. The Morgan fingerprint density at radius 3 is 2.37 bits per heavy atom. The SMILES string of the molecule is CC(NC(=O)NC1CNC(=O)C1)(C(=O)O)C(F)(F)F. The lowest BCUT2D eigenvalue weighted by Crippen LogP contribution is -2.64. The molecule has 0 bridgehead atoms. The third-order valence-electron chi connectivity index (χ3n) is 2.67. The molecule has 2 unspecified atom stereocenters. The fourth-order valence-electron chi connectivity index (χ4n) is 1.40. The van der Waals surface area contributed by atoms with Gasteiger partial charge in [-0.3, -0.25) is 4.79 Å². The smallest absolute Gasteiger partial charge is 0.422 e. The Balaban J connectivity index is 2.68. The van der Waals surface area contributed by atoms with Crippen molar-refractivity contribution in [3.05, 3.63) is 0 Å². The third kappa shape index (κ3) is 3.26. The summed E-state index contributed by atoms with van der Waals surface area (Å²) in [6.07, 6.45) is -5.22. The van der Waals surface area contributed by atoms with Gasteiger partial charge in [-0.25, -0.2) is 9.59 Å². The van der Waals surface area contributed by atoms with Crippen LogP contribution in [0.1, 0.15) is 13.3 Å². The quantitative estimate of drug-likeness (QED) is 0.564. The van der Waals surface area contributed by atoms with E-state index in [9.17, 15) is 27.6 Å². The van der Waals surface area contributed by atoms with Crippen molar-refractivity contribution in [2.24, 2.45) is 0 Å². The largest absolute Gasteiger partial charge is 0.479 e. The maximum absolute atomic E-state index is 12.6. The number of hydrogen-bond acceptors (Lipinski definition) is 3. The van der Waals surface area contributed by atoms with Crippen LogP contribution < -0.4 is 16.0 Å². The van der Waals surface area contributed by atoms with Gasteiger partial charge in [0.25, 0.3) is 0 Å². The third-order valence-corrected chi connectivity index (χ3v) is 2.67. The maximum Gasteiger partial charge on any atom is 0.422 e. The number of aliphatic carboxylic acids is 1. The normalized spacial score (nSPS) is 22.3. The zero-order valence-electron chi connectivity index (χ0n) is 9.80. The molecule has 0 aliphatic carbocycles. The van der Waals surface area contributed by atoms with Gasteiger partial charge in [-0.05, 0) is 6.92 Å². The molecule has 3 amide bonds. The van der Waals surface area contributed by atoms with Crippen molar-refractivity contribution in [2.75, 3.05) is 6.54 Å². The van der Waals surface area contributed by atoms with Gasteiger partial charge in [-0.2, -0.15) is 13.2 Å². The van der Waals surface area contributed by atoms with Crippen molar-refractivity contribution in [2.45, 2.75) is 31.1 Å². The van der Waals surface area contributed by atoms with Crippen LogP contribution >= 0.6 is 0 Å². The van der Waals surface area contributed by atoms with Crippen molar-refractivity contribution >= 4 is 17.9 Å². The summed E-state index contributed by atoms with van der Waals surface area (Å²) in [7, 11) is 0. The molecule has 2 atom stereocenters. The molecule has 1 heterocycles. The van der Waals surface area contributed by atoms with Crippen LogP contribution in [-0.4, -0.2) is 47.3 Å². The Morgan fingerprint density at radius 1 is 1.42 bits per heavy atom. The zero-order valence-corrected chi connectivity index (χ0v) is 9.80. The molecule has 1 rings (SSSR count). The van der Waals surface area contributed by atoms with Crippen LogP contribution in [0.2, 0.25) is 0 Å². The highest BCUT2D eigenvalue weighted by molar-refractivity contribution is 5.87. The van der Waals surface area contributed by atoms with Crippen molar-refractivity contribution in [1.82, 2.24) is 16.0 Å². The Labute approximate surface area is 105 Å². The molecule has 1 fully saturated rings. The molecule has 19 heavy (non-hydrogen) atoms.